The van der Waals surface area contributed by atoms with Crippen molar-refractivity contribution in [2.24, 2.45) is 4.99 Å². The fourth-order valence-electron chi connectivity index (χ4n) is 1.95. The van der Waals surface area contributed by atoms with E-state index in [1.165, 1.54) is 11.1 Å². The van der Waals surface area contributed by atoms with Crippen LogP contribution in [0.2, 0.25) is 0 Å². The molecule has 12 heavy (non-hydrogen) atoms. The molecule has 2 aliphatic heterocycles. The second kappa shape index (κ2) is 2.33. The Hall–Kier alpha value is -0.830. The summed E-state index contributed by atoms with van der Waals surface area (Å²) in [6, 6.07) is 0. The van der Waals surface area contributed by atoms with Crippen molar-refractivity contribution in [3.05, 3.63) is 11.1 Å². The Bertz CT molecular complexity index is 273. The fraction of sp³-hybridized carbons (Fsp3) is 0.667. The van der Waals surface area contributed by atoms with E-state index < -0.39 is 0 Å². The highest BCUT2D eigenvalue weighted by atomic mass is 15.1. The summed E-state index contributed by atoms with van der Waals surface area (Å²) < 4.78 is 0. The minimum absolute atomic E-state index is 0.161. The number of amidine groups is 1. The van der Waals surface area contributed by atoms with Crippen LogP contribution in [0, 0.1) is 0 Å². The van der Waals surface area contributed by atoms with E-state index in [2.05, 4.69) is 29.5 Å². The topological polar surface area (TPSA) is 36.4 Å². The Kier molecular flexibility index (Phi) is 1.51. The maximum atomic E-state index is 4.20. The Morgan fingerprint density at radius 3 is 2.75 bits per heavy atom. The van der Waals surface area contributed by atoms with E-state index in [4.69, 9.17) is 0 Å². The largest absolute Gasteiger partial charge is 0.366 e. The summed E-state index contributed by atoms with van der Waals surface area (Å²) in [6.07, 6.45) is 0. The first-order valence-electron chi connectivity index (χ1n) is 4.34. The molecular weight excluding hydrogens is 150 g/mol. The Balaban J connectivity index is 2.39. The molecule has 2 rings (SSSR count). The van der Waals surface area contributed by atoms with Crippen LogP contribution < -0.4 is 10.6 Å². The predicted octanol–water partition coefficient (Wildman–Crippen LogP) is 0.296. The SMILES string of the molecule is CN=C1NCC2=C1CNC2(C)C. The van der Waals surface area contributed by atoms with Gasteiger partial charge >= 0.3 is 0 Å². The van der Waals surface area contributed by atoms with Crippen molar-refractivity contribution < 1.29 is 0 Å². The van der Waals surface area contributed by atoms with E-state index >= 15 is 0 Å². The number of hydrogen-bond donors (Lipinski definition) is 2. The van der Waals surface area contributed by atoms with Crippen molar-refractivity contribution in [3.63, 3.8) is 0 Å². The summed E-state index contributed by atoms with van der Waals surface area (Å²) in [5.41, 5.74) is 3.01. The molecule has 0 aliphatic carbocycles. The molecule has 0 bridgehead atoms. The molecule has 2 aliphatic rings. The van der Waals surface area contributed by atoms with Gasteiger partial charge in [-0.05, 0) is 19.4 Å². The molecule has 0 fully saturated rings. The Morgan fingerprint density at radius 1 is 1.33 bits per heavy atom. The van der Waals surface area contributed by atoms with Gasteiger partial charge in [-0.1, -0.05) is 0 Å². The smallest absolute Gasteiger partial charge is 0.125 e. The molecule has 0 unspecified atom stereocenters. The Labute approximate surface area is 73.0 Å². The summed E-state index contributed by atoms with van der Waals surface area (Å²) >= 11 is 0. The van der Waals surface area contributed by atoms with Crippen LogP contribution in [-0.4, -0.2) is 31.5 Å². The number of nitrogens with zero attached hydrogens (tertiary/aromatic N) is 1. The van der Waals surface area contributed by atoms with Crippen LogP contribution in [0.25, 0.3) is 0 Å². The standard InChI is InChI=1S/C9H15N3/c1-9(2)7-5-11-8(10-3)6(7)4-12-9/h12H,4-5H2,1-3H3,(H,10,11). The van der Waals surface area contributed by atoms with Gasteiger partial charge in [-0.15, -0.1) is 0 Å². The van der Waals surface area contributed by atoms with Gasteiger partial charge in [-0.2, -0.15) is 0 Å². The van der Waals surface area contributed by atoms with Crippen LogP contribution >= 0.6 is 0 Å². The van der Waals surface area contributed by atoms with E-state index in [-0.39, 0.29) is 5.54 Å². The summed E-state index contributed by atoms with van der Waals surface area (Å²) in [5, 5.41) is 6.77. The van der Waals surface area contributed by atoms with E-state index in [0.29, 0.717) is 0 Å². The first kappa shape index (κ1) is 7.80. The number of hydrogen-bond acceptors (Lipinski definition) is 2. The zero-order valence-electron chi connectivity index (χ0n) is 7.86. The maximum Gasteiger partial charge on any atom is 0.125 e. The summed E-state index contributed by atoms with van der Waals surface area (Å²) in [6.45, 7) is 6.36. The van der Waals surface area contributed by atoms with Crippen LogP contribution in [0.4, 0.5) is 0 Å². The average molecular weight is 165 g/mol. The van der Waals surface area contributed by atoms with Crippen LogP contribution in [0.3, 0.4) is 0 Å². The van der Waals surface area contributed by atoms with Crippen LogP contribution in [0.15, 0.2) is 16.1 Å². The molecule has 0 spiro atoms. The van der Waals surface area contributed by atoms with Crippen molar-refractivity contribution in [1.29, 1.82) is 0 Å². The van der Waals surface area contributed by atoms with E-state index in [1.807, 2.05) is 7.05 Å². The third-order valence-corrected chi connectivity index (χ3v) is 2.77. The zero-order valence-corrected chi connectivity index (χ0v) is 7.86. The van der Waals surface area contributed by atoms with E-state index in [0.717, 1.165) is 18.9 Å². The first-order valence-corrected chi connectivity index (χ1v) is 4.34. The van der Waals surface area contributed by atoms with Gasteiger partial charge in [0.25, 0.3) is 0 Å². The molecular formula is C9H15N3. The normalized spacial score (nSPS) is 29.4. The van der Waals surface area contributed by atoms with Gasteiger partial charge < -0.3 is 10.6 Å². The fourth-order valence-corrected chi connectivity index (χ4v) is 1.95. The highest BCUT2D eigenvalue weighted by Crippen LogP contribution is 2.28. The van der Waals surface area contributed by atoms with Gasteiger partial charge in [0.05, 0.1) is 0 Å². The zero-order chi connectivity index (χ0) is 8.77. The summed E-state index contributed by atoms with van der Waals surface area (Å²) in [5.74, 6) is 1.07. The van der Waals surface area contributed by atoms with Gasteiger partial charge in [-0.25, -0.2) is 0 Å². The van der Waals surface area contributed by atoms with Crippen LogP contribution in [0.5, 0.6) is 0 Å². The minimum Gasteiger partial charge on any atom is -0.366 e. The summed E-state index contributed by atoms with van der Waals surface area (Å²) in [7, 11) is 1.84. The highest BCUT2D eigenvalue weighted by Gasteiger charge is 2.36. The molecule has 0 saturated heterocycles. The predicted molar refractivity (Wildman–Crippen MR) is 50.5 cm³/mol. The maximum absolute atomic E-state index is 4.20. The van der Waals surface area contributed by atoms with Gasteiger partial charge in [0, 0.05) is 31.2 Å². The third kappa shape index (κ3) is 0.894. The van der Waals surface area contributed by atoms with E-state index in [1.54, 1.807) is 0 Å². The molecule has 0 aromatic heterocycles. The van der Waals surface area contributed by atoms with Gasteiger partial charge in [0.1, 0.15) is 5.84 Å². The van der Waals surface area contributed by atoms with Gasteiger partial charge in [-0.3, -0.25) is 4.99 Å². The van der Waals surface area contributed by atoms with Crippen molar-refractivity contribution >= 4 is 5.84 Å². The average Bonchev–Trinajstić information content (AvgIpc) is 2.53. The third-order valence-electron chi connectivity index (χ3n) is 2.77. The van der Waals surface area contributed by atoms with Crippen molar-refractivity contribution in [2.75, 3.05) is 20.1 Å². The monoisotopic (exact) mass is 165 g/mol. The number of rotatable bonds is 0. The second-order valence-electron chi connectivity index (χ2n) is 3.86. The number of nitrogens with one attached hydrogen (secondary N) is 2. The molecule has 66 valence electrons. The molecule has 0 aromatic carbocycles. The minimum atomic E-state index is 0.161. The molecule has 0 aromatic rings. The quantitative estimate of drug-likeness (QED) is 0.541. The highest BCUT2D eigenvalue weighted by molar-refractivity contribution is 6.03. The second-order valence-corrected chi connectivity index (χ2v) is 3.86. The lowest BCUT2D eigenvalue weighted by Gasteiger charge is -2.22. The lowest BCUT2D eigenvalue weighted by atomic mass is 9.96. The lowest BCUT2D eigenvalue weighted by molar-refractivity contribution is 0.498. The van der Waals surface area contributed by atoms with E-state index in [9.17, 15) is 0 Å². The van der Waals surface area contributed by atoms with Crippen molar-refractivity contribution in [3.8, 4) is 0 Å². The first-order chi connectivity index (χ1) is 5.65. The van der Waals surface area contributed by atoms with Gasteiger partial charge in [0.15, 0.2) is 0 Å². The molecule has 0 amide bonds. The molecule has 3 nitrogen and oxygen atoms in total. The Morgan fingerprint density at radius 2 is 2.08 bits per heavy atom. The molecule has 0 atom stereocenters. The van der Waals surface area contributed by atoms with Crippen molar-refractivity contribution in [1.82, 2.24) is 10.6 Å². The summed E-state index contributed by atoms with van der Waals surface area (Å²) in [4.78, 5) is 4.20. The lowest BCUT2D eigenvalue weighted by Crippen LogP contribution is -2.39. The van der Waals surface area contributed by atoms with Crippen LogP contribution in [0.1, 0.15) is 13.8 Å². The molecule has 0 radical (unpaired) electrons. The van der Waals surface area contributed by atoms with Gasteiger partial charge in [0.2, 0.25) is 0 Å². The molecule has 3 heteroatoms. The number of aliphatic imine (C=N–C) groups is 1. The molecule has 2 heterocycles. The molecule has 0 saturated carbocycles. The van der Waals surface area contributed by atoms with Crippen LogP contribution in [-0.2, 0) is 0 Å². The molecule has 2 N–H and O–H groups in total. The van der Waals surface area contributed by atoms with Crippen molar-refractivity contribution in [2.45, 2.75) is 19.4 Å².